The Hall–Kier alpha value is -0.850. The number of hydrogen-bond donors (Lipinski definition) is 0. The number of allylic oxidation sites excluding steroid dienone is 3. The third-order valence-electron chi connectivity index (χ3n) is 2.31. The molecular weight excluding hydrogens is 184 g/mol. The number of hydrogen-bond acceptors (Lipinski definition) is 1. The summed E-state index contributed by atoms with van der Waals surface area (Å²) in [6.07, 6.45) is 8.04. The summed E-state index contributed by atoms with van der Waals surface area (Å²) >= 11 is 0. The lowest BCUT2D eigenvalue weighted by Crippen LogP contribution is -2.25. The SMILES string of the molecule is C=CCC(C)(CCC)C(=O)/C=C/C.CC. The lowest BCUT2D eigenvalue weighted by Gasteiger charge is -2.24. The van der Waals surface area contributed by atoms with E-state index in [1.807, 2.05) is 33.8 Å². The van der Waals surface area contributed by atoms with E-state index in [1.165, 1.54) is 0 Å². The summed E-state index contributed by atoms with van der Waals surface area (Å²) in [5, 5.41) is 0. The molecular formula is C14H26O. The minimum atomic E-state index is -0.233. The summed E-state index contributed by atoms with van der Waals surface area (Å²) < 4.78 is 0. The Morgan fingerprint density at radius 1 is 1.40 bits per heavy atom. The second-order valence-electron chi connectivity index (χ2n) is 3.67. The molecule has 0 radical (unpaired) electrons. The zero-order valence-electron chi connectivity index (χ0n) is 11.0. The van der Waals surface area contributed by atoms with E-state index in [9.17, 15) is 4.79 Å². The van der Waals surface area contributed by atoms with Crippen molar-refractivity contribution in [3.8, 4) is 0 Å². The first-order chi connectivity index (χ1) is 7.10. The van der Waals surface area contributed by atoms with E-state index in [0.29, 0.717) is 0 Å². The highest BCUT2D eigenvalue weighted by Crippen LogP contribution is 2.29. The molecule has 1 heteroatoms. The van der Waals surface area contributed by atoms with Crippen LogP contribution >= 0.6 is 0 Å². The van der Waals surface area contributed by atoms with E-state index in [-0.39, 0.29) is 11.2 Å². The first-order valence-corrected chi connectivity index (χ1v) is 5.88. The average molecular weight is 210 g/mol. The average Bonchev–Trinajstić information content (AvgIpc) is 2.22. The van der Waals surface area contributed by atoms with Crippen molar-refractivity contribution >= 4 is 5.78 Å². The number of carbonyl (C=O) groups is 1. The zero-order valence-corrected chi connectivity index (χ0v) is 11.0. The van der Waals surface area contributed by atoms with E-state index in [1.54, 1.807) is 12.2 Å². The van der Waals surface area contributed by atoms with Crippen LogP contribution in [0.3, 0.4) is 0 Å². The topological polar surface area (TPSA) is 17.1 Å². The van der Waals surface area contributed by atoms with Crippen molar-refractivity contribution in [2.45, 2.75) is 53.9 Å². The van der Waals surface area contributed by atoms with Gasteiger partial charge in [0.2, 0.25) is 0 Å². The molecule has 0 N–H and O–H groups in total. The first-order valence-electron chi connectivity index (χ1n) is 5.88. The van der Waals surface area contributed by atoms with Gasteiger partial charge in [0.1, 0.15) is 0 Å². The molecule has 0 aromatic heterocycles. The summed E-state index contributed by atoms with van der Waals surface area (Å²) in [5.41, 5.74) is -0.233. The van der Waals surface area contributed by atoms with E-state index < -0.39 is 0 Å². The minimum absolute atomic E-state index is 0.219. The maximum Gasteiger partial charge on any atom is 0.161 e. The lowest BCUT2D eigenvalue weighted by molar-refractivity contribution is -0.123. The van der Waals surface area contributed by atoms with Gasteiger partial charge in [-0.25, -0.2) is 0 Å². The van der Waals surface area contributed by atoms with E-state index >= 15 is 0 Å². The van der Waals surface area contributed by atoms with Crippen LogP contribution in [-0.2, 0) is 4.79 Å². The standard InChI is InChI=1S/C12H20O.C2H6/c1-5-8-11(13)12(4,9-6-2)10-7-3;1-2/h5-6,8H,2,7,9-10H2,1,3-4H3;1-2H3/b8-5+;. The normalized spacial score (nSPS) is 13.9. The maximum atomic E-state index is 11.7. The summed E-state index contributed by atoms with van der Waals surface area (Å²) in [4.78, 5) is 11.7. The molecule has 0 aliphatic heterocycles. The Morgan fingerprint density at radius 3 is 2.27 bits per heavy atom. The van der Waals surface area contributed by atoms with Gasteiger partial charge in [-0.1, -0.05) is 46.3 Å². The Balaban J connectivity index is 0. The van der Waals surface area contributed by atoms with Crippen molar-refractivity contribution < 1.29 is 4.79 Å². The number of carbonyl (C=O) groups excluding carboxylic acids is 1. The van der Waals surface area contributed by atoms with Crippen molar-refractivity contribution in [1.82, 2.24) is 0 Å². The van der Waals surface area contributed by atoms with Crippen molar-refractivity contribution in [3.05, 3.63) is 24.8 Å². The second-order valence-corrected chi connectivity index (χ2v) is 3.67. The third-order valence-corrected chi connectivity index (χ3v) is 2.31. The minimum Gasteiger partial charge on any atom is -0.294 e. The van der Waals surface area contributed by atoms with Crippen LogP contribution < -0.4 is 0 Å². The Morgan fingerprint density at radius 2 is 1.93 bits per heavy atom. The van der Waals surface area contributed by atoms with Crippen molar-refractivity contribution in [1.29, 1.82) is 0 Å². The molecule has 0 aromatic rings. The quantitative estimate of drug-likeness (QED) is 0.464. The smallest absolute Gasteiger partial charge is 0.161 e. The molecule has 0 aliphatic carbocycles. The van der Waals surface area contributed by atoms with Gasteiger partial charge in [-0.05, 0) is 25.8 Å². The molecule has 0 aromatic carbocycles. The lowest BCUT2D eigenvalue weighted by atomic mass is 9.78. The number of rotatable bonds is 6. The highest BCUT2D eigenvalue weighted by molar-refractivity contribution is 5.94. The Kier molecular flexibility index (Phi) is 10.7. The fourth-order valence-corrected chi connectivity index (χ4v) is 1.55. The van der Waals surface area contributed by atoms with Crippen molar-refractivity contribution in [2.24, 2.45) is 5.41 Å². The summed E-state index contributed by atoms with van der Waals surface area (Å²) in [5.74, 6) is 0.219. The molecule has 0 amide bonds. The molecule has 1 nitrogen and oxygen atoms in total. The maximum absolute atomic E-state index is 11.7. The van der Waals surface area contributed by atoms with Crippen LogP contribution in [0.1, 0.15) is 53.9 Å². The summed E-state index contributed by atoms with van der Waals surface area (Å²) in [6.45, 7) is 13.7. The van der Waals surface area contributed by atoms with Gasteiger partial charge in [0.05, 0.1) is 0 Å². The van der Waals surface area contributed by atoms with E-state index in [2.05, 4.69) is 13.5 Å². The third kappa shape index (κ3) is 6.27. The molecule has 0 saturated carbocycles. The first kappa shape index (κ1) is 16.6. The molecule has 1 unspecified atom stereocenters. The van der Waals surface area contributed by atoms with Gasteiger partial charge in [-0.2, -0.15) is 0 Å². The molecule has 0 bridgehead atoms. The molecule has 88 valence electrons. The van der Waals surface area contributed by atoms with Crippen LogP contribution in [0, 0.1) is 5.41 Å². The van der Waals surface area contributed by atoms with Gasteiger partial charge < -0.3 is 0 Å². The van der Waals surface area contributed by atoms with Gasteiger partial charge in [0.25, 0.3) is 0 Å². The van der Waals surface area contributed by atoms with Crippen LogP contribution in [0.4, 0.5) is 0 Å². The predicted octanol–water partition coefficient (Wildman–Crippen LogP) is 4.54. The molecule has 15 heavy (non-hydrogen) atoms. The summed E-state index contributed by atoms with van der Waals surface area (Å²) in [7, 11) is 0. The van der Waals surface area contributed by atoms with Crippen LogP contribution in [0.25, 0.3) is 0 Å². The highest BCUT2D eigenvalue weighted by atomic mass is 16.1. The second kappa shape index (κ2) is 9.70. The Labute approximate surface area is 95.3 Å². The van der Waals surface area contributed by atoms with Crippen LogP contribution in [0.5, 0.6) is 0 Å². The van der Waals surface area contributed by atoms with Crippen molar-refractivity contribution in [2.75, 3.05) is 0 Å². The molecule has 0 spiro atoms. The van der Waals surface area contributed by atoms with Crippen LogP contribution in [0.2, 0.25) is 0 Å². The van der Waals surface area contributed by atoms with Crippen molar-refractivity contribution in [3.63, 3.8) is 0 Å². The molecule has 0 saturated heterocycles. The van der Waals surface area contributed by atoms with Crippen LogP contribution in [0.15, 0.2) is 24.8 Å². The van der Waals surface area contributed by atoms with Gasteiger partial charge >= 0.3 is 0 Å². The molecule has 0 fully saturated rings. The van der Waals surface area contributed by atoms with Gasteiger partial charge in [0.15, 0.2) is 5.78 Å². The monoisotopic (exact) mass is 210 g/mol. The molecule has 1 atom stereocenters. The van der Waals surface area contributed by atoms with E-state index in [0.717, 1.165) is 19.3 Å². The summed E-state index contributed by atoms with van der Waals surface area (Å²) in [6, 6.07) is 0. The molecule has 0 rings (SSSR count). The largest absolute Gasteiger partial charge is 0.294 e. The fourth-order valence-electron chi connectivity index (χ4n) is 1.55. The van der Waals surface area contributed by atoms with Gasteiger partial charge in [0, 0.05) is 5.41 Å². The van der Waals surface area contributed by atoms with Gasteiger partial charge in [-0.3, -0.25) is 4.79 Å². The fraction of sp³-hybridized carbons (Fsp3) is 0.643. The van der Waals surface area contributed by atoms with E-state index in [4.69, 9.17) is 0 Å². The van der Waals surface area contributed by atoms with Gasteiger partial charge in [-0.15, -0.1) is 6.58 Å². The number of ketones is 1. The molecule has 0 heterocycles. The molecule has 0 aliphatic rings. The van der Waals surface area contributed by atoms with Crippen LogP contribution in [-0.4, -0.2) is 5.78 Å². The predicted molar refractivity (Wildman–Crippen MR) is 69.0 cm³/mol. The Bertz CT molecular complexity index is 203. The highest BCUT2D eigenvalue weighted by Gasteiger charge is 2.28. The zero-order chi connectivity index (χ0) is 12.3.